The van der Waals surface area contributed by atoms with Gasteiger partial charge in [0.05, 0.1) is 16.0 Å². The minimum absolute atomic E-state index is 0.0590. The van der Waals surface area contributed by atoms with Crippen LogP contribution >= 0.6 is 0 Å². The summed E-state index contributed by atoms with van der Waals surface area (Å²) in [6.07, 6.45) is 5.82. The summed E-state index contributed by atoms with van der Waals surface area (Å²) in [7, 11) is -3.56. The predicted octanol–water partition coefficient (Wildman–Crippen LogP) is 2.44. The maximum Gasteiger partial charge on any atom is 0.315 e. The van der Waals surface area contributed by atoms with Crippen LogP contribution in [0.3, 0.4) is 0 Å². The van der Waals surface area contributed by atoms with E-state index in [1.54, 1.807) is 20.8 Å². The van der Waals surface area contributed by atoms with Crippen LogP contribution in [0.5, 0.6) is 0 Å². The van der Waals surface area contributed by atoms with Crippen molar-refractivity contribution < 1.29 is 32.4 Å². The van der Waals surface area contributed by atoms with Crippen LogP contribution in [0, 0.1) is 28.6 Å². The zero-order chi connectivity index (χ0) is 34.6. The highest BCUT2D eigenvalue weighted by atomic mass is 32.2. The van der Waals surface area contributed by atoms with Gasteiger partial charge in [-0.05, 0) is 75.0 Å². The van der Waals surface area contributed by atoms with Gasteiger partial charge in [-0.25, -0.2) is 13.2 Å². The van der Waals surface area contributed by atoms with Crippen molar-refractivity contribution in [1.82, 2.24) is 20.9 Å². The molecule has 0 bridgehead atoms. The summed E-state index contributed by atoms with van der Waals surface area (Å²) in [6.45, 7) is 14.8. The van der Waals surface area contributed by atoms with E-state index < -0.39 is 73.2 Å². The number of primary amides is 1. The third kappa shape index (κ3) is 7.08. The Morgan fingerprint density at radius 3 is 1.98 bits per heavy atom. The van der Waals surface area contributed by atoms with E-state index in [0.717, 1.165) is 25.7 Å². The number of nitrogens with zero attached hydrogens (tertiary/aromatic N) is 1. The van der Waals surface area contributed by atoms with Crippen molar-refractivity contribution in [2.75, 3.05) is 12.3 Å². The number of carbonyl (C=O) groups is 5. The summed E-state index contributed by atoms with van der Waals surface area (Å²) >= 11 is 0. The summed E-state index contributed by atoms with van der Waals surface area (Å²) in [5.74, 6) is -3.32. The number of ketones is 1. The van der Waals surface area contributed by atoms with Gasteiger partial charge in [-0.1, -0.05) is 60.3 Å². The second kappa shape index (κ2) is 12.4. The summed E-state index contributed by atoms with van der Waals surface area (Å²) < 4.78 is 25.5. The number of likely N-dealkylation sites (tertiary alicyclic amines) is 1. The topological polar surface area (TPSA) is 185 Å². The molecule has 4 fully saturated rings. The monoisotopic (exact) mass is 665 g/mol. The molecule has 3 unspecified atom stereocenters. The standard InChI is InChI=1S/C33H55N5O7S/c1-30(2,3)25(36-29(43)37-33(15-10-9-11-16-33)18-46(44,45)31(4,5)6)28(42)38-17-20-21(32(20,7)8)23(38)27(41)35-22(19-13-12-14-19)24(39)26(34)40/h19-23,25H,9-18H2,1-8H3,(H2,34,40)(H,35,41)(H2,36,37,43)/t20?,21?,22?,23-,25+/m0/s1. The lowest BCUT2D eigenvalue weighted by Crippen LogP contribution is -2.64. The van der Waals surface area contributed by atoms with Crippen molar-refractivity contribution >= 4 is 39.4 Å². The number of nitrogens with one attached hydrogen (secondary N) is 3. The summed E-state index contributed by atoms with van der Waals surface area (Å²) in [5, 5.41) is 8.65. The van der Waals surface area contributed by atoms with Crippen molar-refractivity contribution in [1.29, 1.82) is 0 Å². The molecule has 3 saturated carbocycles. The molecule has 5 N–H and O–H groups in total. The van der Waals surface area contributed by atoms with Crippen LogP contribution in [0.25, 0.3) is 0 Å². The summed E-state index contributed by atoms with van der Waals surface area (Å²) in [5.41, 5.74) is 3.40. The van der Waals surface area contributed by atoms with E-state index in [0.29, 0.717) is 32.2 Å². The number of urea groups is 1. The molecule has 0 radical (unpaired) electrons. The second-order valence-electron chi connectivity index (χ2n) is 16.9. The third-order valence-corrected chi connectivity index (χ3v) is 14.0. The van der Waals surface area contributed by atoms with Gasteiger partial charge in [-0.3, -0.25) is 19.2 Å². The lowest BCUT2D eigenvalue weighted by Gasteiger charge is -2.41. The number of piperidine rings is 1. The lowest BCUT2D eigenvalue weighted by molar-refractivity contribution is -0.145. The first kappa shape index (κ1) is 36.1. The molecule has 0 aromatic heterocycles. The Labute approximate surface area is 274 Å². The first-order valence-electron chi connectivity index (χ1n) is 16.8. The number of hydrogen-bond donors (Lipinski definition) is 4. The molecule has 4 aliphatic rings. The van der Waals surface area contributed by atoms with Gasteiger partial charge < -0.3 is 26.6 Å². The summed E-state index contributed by atoms with van der Waals surface area (Å²) in [4.78, 5) is 67.9. The second-order valence-corrected chi connectivity index (χ2v) is 19.6. The Hall–Kier alpha value is -2.70. The molecular weight excluding hydrogens is 610 g/mol. The van der Waals surface area contributed by atoms with E-state index in [1.165, 1.54) is 4.90 Å². The number of hydrogen-bond acceptors (Lipinski definition) is 7. The number of nitrogens with two attached hydrogens (primary N) is 1. The molecule has 3 aliphatic carbocycles. The highest BCUT2D eigenvalue weighted by Gasteiger charge is 2.70. The van der Waals surface area contributed by atoms with Gasteiger partial charge in [-0.2, -0.15) is 0 Å². The smallest absolute Gasteiger partial charge is 0.315 e. The van der Waals surface area contributed by atoms with Crippen LogP contribution in [0.2, 0.25) is 0 Å². The molecule has 260 valence electrons. The molecule has 0 aromatic carbocycles. The molecule has 0 aromatic rings. The maximum atomic E-state index is 14.3. The largest absolute Gasteiger partial charge is 0.363 e. The number of rotatable bonds is 10. The first-order valence-corrected chi connectivity index (χ1v) is 18.4. The quantitative estimate of drug-likeness (QED) is 0.258. The van der Waals surface area contributed by atoms with Crippen LogP contribution in [-0.2, 0) is 29.0 Å². The van der Waals surface area contributed by atoms with Gasteiger partial charge in [0.25, 0.3) is 5.91 Å². The van der Waals surface area contributed by atoms with Crippen molar-refractivity contribution in [2.45, 2.75) is 135 Å². The van der Waals surface area contributed by atoms with Crippen LogP contribution in [0.15, 0.2) is 0 Å². The fourth-order valence-electron chi connectivity index (χ4n) is 7.71. The molecular formula is C33H55N5O7S. The predicted molar refractivity (Wildman–Crippen MR) is 174 cm³/mol. The fraction of sp³-hybridized carbons (Fsp3) is 0.848. The average Bonchev–Trinajstić information content (AvgIpc) is 3.21. The average molecular weight is 666 g/mol. The number of amides is 5. The minimum Gasteiger partial charge on any atom is -0.363 e. The number of fused-ring (bicyclic) bond motifs is 1. The minimum atomic E-state index is -3.56. The highest BCUT2D eigenvalue weighted by Crippen LogP contribution is 2.65. The molecule has 46 heavy (non-hydrogen) atoms. The van der Waals surface area contributed by atoms with Gasteiger partial charge >= 0.3 is 6.03 Å². The van der Waals surface area contributed by atoms with Crippen LogP contribution in [0.4, 0.5) is 4.79 Å². The van der Waals surface area contributed by atoms with Crippen molar-refractivity contribution in [3.05, 3.63) is 0 Å². The van der Waals surface area contributed by atoms with Gasteiger partial charge in [0.15, 0.2) is 9.84 Å². The Bertz CT molecular complexity index is 1350. The van der Waals surface area contributed by atoms with Crippen LogP contribution < -0.4 is 21.7 Å². The van der Waals surface area contributed by atoms with Gasteiger partial charge in [0.2, 0.25) is 17.6 Å². The van der Waals surface area contributed by atoms with Crippen LogP contribution in [0.1, 0.15) is 107 Å². The molecule has 5 amide bonds. The van der Waals surface area contributed by atoms with Crippen molar-refractivity contribution in [2.24, 2.45) is 34.3 Å². The van der Waals surface area contributed by atoms with E-state index in [1.807, 2.05) is 34.6 Å². The van der Waals surface area contributed by atoms with Gasteiger partial charge in [0, 0.05) is 6.54 Å². The van der Waals surface area contributed by atoms with Gasteiger partial charge in [0.1, 0.15) is 18.1 Å². The maximum absolute atomic E-state index is 14.3. The first-order chi connectivity index (χ1) is 21.0. The molecule has 12 nitrogen and oxygen atoms in total. The molecule has 1 heterocycles. The molecule has 13 heteroatoms. The fourth-order valence-corrected chi connectivity index (χ4v) is 9.23. The lowest BCUT2D eigenvalue weighted by atomic mass is 9.78. The normalized spacial score (nSPS) is 27.0. The Morgan fingerprint density at radius 1 is 0.913 bits per heavy atom. The van der Waals surface area contributed by atoms with Crippen molar-refractivity contribution in [3.8, 4) is 0 Å². The van der Waals surface area contributed by atoms with E-state index in [2.05, 4.69) is 16.0 Å². The van der Waals surface area contributed by atoms with E-state index in [9.17, 15) is 32.4 Å². The molecule has 0 spiro atoms. The van der Waals surface area contributed by atoms with Crippen molar-refractivity contribution in [3.63, 3.8) is 0 Å². The Balaban J connectivity index is 1.56. The number of sulfone groups is 1. The van der Waals surface area contributed by atoms with Gasteiger partial charge in [-0.15, -0.1) is 0 Å². The molecule has 1 aliphatic heterocycles. The van der Waals surface area contributed by atoms with E-state index in [-0.39, 0.29) is 28.9 Å². The summed E-state index contributed by atoms with van der Waals surface area (Å²) in [6, 6.07) is -3.57. The molecule has 4 rings (SSSR count). The molecule has 1 saturated heterocycles. The number of Topliss-reactive ketones (excluding diaryl/α,β-unsaturated/α-hetero) is 1. The van der Waals surface area contributed by atoms with Crippen LogP contribution in [-0.4, -0.2) is 83.6 Å². The van der Waals surface area contributed by atoms with E-state index >= 15 is 0 Å². The number of carbonyl (C=O) groups excluding carboxylic acids is 5. The SMILES string of the molecule is CC1(C)C2CN(C(=O)[C@@H](NC(=O)NC3(CS(=O)(=O)C(C)(C)C)CCCCC3)C(C)(C)C)[C@H](C(=O)NC(C(=O)C(N)=O)C3CCC3)C21. The molecule has 5 atom stereocenters. The van der Waals surface area contributed by atoms with E-state index in [4.69, 9.17) is 5.73 Å². The highest BCUT2D eigenvalue weighted by molar-refractivity contribution is 7.92. The third-order valence-electron chi connectivity index (χ3n) is 11.2. The Kier molecular flexibility index (Phi) is 9.74. The zero-order valence-corrected chi connectivity index (χ0v) is 29.6. The Morgan fingerprint density at radius 2 is 1.50 bits per heavy atom. The zero-order valence-electron chi connectivity index (χ0n) is 28.8.